The summed E-state index contributed by atoms with van der Waals surface area (Å²) in [6, 6.07) is 26.0. The molecule has 0 saturated carbocycles. The third-order valence-electron chi connectivity index (χ3n) is 8.37. The monoisotopic (exact) mass is 570 g/mol. The second-order valence-electron chi connectivity index (χ2n) is 11.3. The molecule has 216 valence electrons. The Morgan fingerprint density at radius 3 is 0.884 bits per heavy atom. The van der Waals surface area contributed by atoms with Gasteiger partial charge in [0.1, 0.15) is 28.7 Å². The van der Waals surface area contributed by atoms with E-state index in [0.717, 1.165) is 5.56 Å². The lowest BCUT2D eigenvalue weighted by Crippen LogP contribution is -2.01. The number of fused-ring (bicyclic) bond motifs is 10. The Morgan fingerprint density at radius 2 is 0.628 bits per heavy atom. The highest BCUT2D eigenvalue weighted by atomic mass is 16.3. The van der Waals surface area contributed by atoms with Crippen LogP contribution in [0.4, 0.5) is 0 Å². The molecule has 5 N–H and O–H groups in total. The summed E-state index contributed by atoms with van der Waals surface area (Å²) in [6.07, 6.45) is 5.44. The maximum atomic E-state index is 11.5. The molecule has 1 aliphatic rings. The molecule has 0 heterocycles. The largest absolute Gasteiger partial charge is 0.507 e. The Morgan fingerprint density at radius 1 is 0.395 bits per heavy atom. The number of allylic oxidation sites excluding steroid dienone is 1. The summed E-state index contributed by atoms with van der Waals surface area (Å²) in [4.78, 5) is 0. The van der Waals surface area contributed by atoms with E-state index in [-0.39, 0.29) is 28.7 Å². The predicted octanol–water partition coefficient (Wildman–Crippen LogP) is 7.52. The van der Waals surface area contributed by atoms with Crippen LogP contribution in [0.5, 0.6) is 28.7 Å². The lowest BCUT2D eigenvalue weighted by atomic mass is 9.91. The zero-order valence-electron chi connectivity index (χ0n) is 24.0. The Labute approximate surface area is 251 Å². The molecule has 0 radical (unpaired) electrons. The van der Waals surface area contributed by atoms with E-state index >= 15 is 0 Å². The molecule has 0 aliphatic heterocycles. The van der Waals surface area contributed by atoms with Gasteiger partial charge in [-0.15, -0.1) is 0 Å². The number of rotatable bonds is 1. The SMILES string of the molecule is C/C=C/c1cc2c(O)c(c1)Cc1cccc(c1O)Cc1cccc(c1O)Cc1cccc(c1O)Cc1cccc(c1O)C2. The van der Waals surface area contributed by atoms with Crippen LogP contribution in [-0.4, -0.2) is 25.5 Å². The van der Waals surface area contributed by atoms with E-state index in [1.165, 1.54) is 0 Å². The molecule has 0 saturated heterocycles. The highest BCUT2D eigenvalue weighted by Crippen LogP contribution is 2.38. The van der Waals surface area contributed by atoms with Crippen LogP contribution >= 0.6 is 0 Å². The molecule has 0 unspecified atom stereocenters. The smallest absolute Gasteiger partial charge is 0.122 e. The molecule has 5 aromatic carbocycles. The van der Waals surface area contributed by atoms with Crippen LogP contribution in [0.2, 0.25) is 0 Å². The Hall–Kier alpha value is -5.16. The van der Waals surface area contributed by atoms with Gasteiger partial charge in [-0.2, -0.15) is 0 Å². The molecule has 10 bridgehead atoms. The minimum Gasteiger partial charge on any atom is -0.507 e. The highest BCUT2D eigenvalue weighted by molar-refractivity contribution is 5.60. The second-order valence-corrected chi connectivity index (χ2v) is 11.3. The van der Waals surface area contributed by atoms with Gasteiger partial charge in [0.25, 0.3) is 0 Å². The average molecular weight is 571 g/mol. The van der Waals surface area contributed by atoms with Crippen LogP contribution in [0.1, 0.15) is 68.1 Å². The maximum Gasteiger partial charge on any atom is 0.122 e. The number of benzene rings is 5. The van der Waals surface area contributed by atoms with Crippen molar-refractivity contribution >= 4 is 6.08 Å². The van der Waals surface area contributed by atoms with Gasteiger partial charge in [-0.05, 0) is 80.3 Å². The van der Waals surface area contributed by atoms with E-state index in [4.69, 9.17) is 0 Å². The van der Waals surface area contributed by atoms with Crippen LogP contribution in [0.3, 0.4) is 0 Å². The third-order valence-corrected chi connectivity index (χ3v) is 8.37. The molecule has 6 rings (SSSR count). The van der Waals surface area contributed by atoms with E-state index in [9.17, 15) is 25.5 Å². The number of phenolic OH excluding ortho intramolecular Hbond substituents is 5. The molecule has 5 nitrogen and oxygen atoms in total. The highest BCUT2D eigenvalue weighted by Gasteiger charge is 2.19. The van der Waals surface area contributed by atoms with Crippen molar-refractivity contribution in [3.63, 3.8) is 0 Å². The van der Waals surface area contributed by atoms with Gasteiger partial charge in [0, 0.05) is 32.1 Å². The first-order valence-electron chi connectivity index (χ1n) is 14.5. The third kappa shape index (κ3) is 5.54. The minimum absolute atomic E-state index is 0.118. The summed E-state index contributed by atoms with van der Waals surface area (Å²) < 4.78 is 0. The quantitative estimate of drug-likeness (QED) is 0.141. The number of hydrogen-bond donors (Lipinski definition) is 5. The summed E-state index contributed by atoms with van der Waals surface area (Å²) in [5.41, 5.74) is 7.53. The van der Waals surface area contributed by atoms with Gasteiger partial charge in [-0.25, -0.2) is 0 Å². The number of hydrogen-bond acceptors (Lipinski definition) is 5. The van der Waals surface area contributed by atoms with Crippen LogP contribution in [0, 0.1) is 0 Å². The van der Waals surface area contributed by atoms with Gasteiger partial charge >= 0.3 is 0 Å². The van der Waals surface area contributed by atoms with Crippen molar-refractivity contribution in [2.24, 2.45) is 0 Å². The maximum absolute atomic E-state index is 11.5. The van der Waals surface area contributed by atoms with Crippen LogP contribution < -0.4 is 0 Å². The molecule has 0 atom stereocenters. The normalized spacial score (nSPS) is 13.1. The van der Waals surface area contributed by atoms with Crippen molar-refractivity contribution in [1.82, 2.24) is 0 Å². The summed E-state index contributed by atoms with van der Waals surface area (Å²) >= 11 is 0. The Balaban J connectivity index is 1.55. The van der Waals surface area contributed by atoms with Crippen molar-refractivity contribution in [3.05, 3.63) is 152 Å². The van der Waals surface area contributed by atoms with Crippen molar-refractivity contribution in [3.8, 4) is 28.7 Å². The van der Waals surface area contributed by atoms with Crippen LogP contribution in [0.25, 0.3) is 6.08 Å². The molecule has 0 spiro atoms. The summed E-state index contributed by atoms with van der Waals surface area (Å²) in [7, 11) is 0. The number of para-hydroxylation sites is 4. The Kier molecular flexibility index (Phi) is 7.56. The topological polar surface area (TPSA) is 101 Å². The fourth-order valence-corrected chi connectivity index (χ4v) is 6.09. The van der Waals surface area contributed by atoms with Crippen molar-refractivity contribution in [1.29, 1.82) is 0 Å². The predicted molar refractivity (Wildman–Crippen MR) is 169 cm³/mol. The van der Waals surface area contributed by atoms with Crippen LogP contribution in [-0.2, 0) is 32.1 Å². The molecule has 1 aliphatic carbocycles. The molecule has 0 fully saturated rings. The lowest BCUT2D eigenvalue weighted by Gasteiger charge is -2.17. The second kappa shape index (κ2) is 11.6. The zero-order valence-corrected chi connectivity index (χ0v) is 24.0. The van der Waals surface area contributed by atoms with Gasteiger partial charge in [0.05, 0.1) is 0 Å². The molecule has 5 aromatic rings. The number of aromatic hydroxyl groups is 5. The summed E-state index contributed by atoms with van der Waals surface area (Å²) in [6.45, 7) is 1.93. The molecular formula is C38H34O5. The van der Waals surface area contributed by atoms with E-state index in [2.05, 4.69) is 0 Å². The molecule has 0 amide bonds. The van der Waals surface area contributed by atoms with E-state index < -0.39 is 0 Å². The summed E-state index contributed by atoms with van der Waals surface area (Å²) in [5, 5.41) is 56.6. The molecule has 0 aromatic heterocycles. The van der Waals surface area contributed by atoms with Crippen molar-refractivity contribution < 1.29 is 25.5 Å². The Bertz CT molecular complexity index is 1740. The van der Waals surface area contributed by atoms with Gasteiger partial charge in [-0.3, -0.25) is 0 Å². The van der Waals surface area contributed by atoms with Crippen LogP contribution in [0.15, 0.2) is 91.0 Å². The molecule has 5 heteroatoms. The minimum atomic E-state index is 0.118. The van der Waals surface area contributed by atoms with E-state index in [1.54, 1.807) is 0 Å². The first-order chi connectivity index (χ1) is 20.8. The summed E-state index contributed by atoms with van der Waals surface area (Å²) in [5.74, 6) is 0.605. The van der Waals surface area contributed by atoms with Crippen molar-refractivity contribution in [2.75, 3.05) is 0 Å². The van der Waals surface area contributed by atoms with Gasteiger partial charge in [-0.1, -0.05) is 84.9 Å². The zero-order chi connectivity index (χ0) is 30.1. The van der Waals surface area contributed by atoms with Gasteiger partial charge in [0.2, 0.25) is 0 Å². The van der Waals surface area contributed by atoms with E-state index in [0.29, 0.717) is 87.7 Å². The van der Waals surface area contributed by atoms with Crippen molar-refractivity contribution in [2.45, 2.75) is 39.0 Å². The average Bonchev–Trinajstić information content (AvgIpc) is 2.99. The standard InChI is InChI=1S/C38H34O5/c1-2-7-23-16-32-21-30-14-5-12-28(36(30)41)19-26-10-3-8-24(34(26)39)18-25-9-4-11-27(35(25)40)20-29-13-6-15-31(37(29)42)22-33(17-23)38(32)43/h2-17,39-43H,18-22H2,1H3/b7-2+. The fraction of sp³-hybridized carbons (Fsp3) is 0.158. The molecular weight excluding hydrogens is 536 g/mol. The van der Waals surface area contributed by atoms with Gasteiger partial charge in [0.15, 0.2) is 0 Å². The molecule has 43 heavy (non-hydrogen) atoms. The van der Waals surface area contributed by atoms with Gasteiger partial charge < -0.3 is 25.5 Å². The first-order valence-corrected chi connectivity index (χ1v) is 14.5. The number of phenols is 5. The first kappa shape index (κ1) is 28.0. The fourth-order valence-electron chi connectivity index (χ4n) is 6.09. The lowest BCUT2D eigenvalue weighted by molar-refractivity contribution is 0.451. The van der Waals surface area contributed by atoms with E-state index in [1.807, 2.05) is 104 Å².